The van der Waals surface area contributed by atoms with Crippen molar-refractivity contribution in [3.63, 3.8) is 0 Å². The molecular formula is C16H18F3N5O. The first-order valence-electron chi connectivity index (χ1n) is 7.95. The highest BCUT2D eigenvalue weighted by molar-refractivity contribution is 5.97. The Kier molecular flexibility index (Phi) is 5.03. The highest BCUT2D eigenvalue weighted by Gasteiger charge is 2.34. The summed E-state index contributed by atoms with van der Waals surface area (Å²) < 4.78 is 38.8. The fourth-order valence-corrected chi connectivity index (χ4v) is 2.96. The normalized spacial score (nSPS) is 18.4. The average Bonchev–Trinajstić information content (AvgIpc) is 3.23. The molecule has 2 aromatic rings. The van der Waals surface area contributed by atoms with E-state index in [0.29, 0.717) is 37.4 Å². The Morgan fingerprint density at radius 2 is 2.16 bits per heavy atom. The fraction of sp³-hybridized carbons (Fsp3) is 0.438. The number of halogens is 3. The van der Waals surface area contributed by atoms with Gasteiger partial charge in [-0.15, -0.1) is 0 Å². The highest BCUT2D eigenvalue weighted by Crippen LogP contribution is 2.22. The van der Waals surface area contributed by atoms with E-state index in [9.17, 15) is 18.0 Å². The van der Waals surface area contributed by atoms with Crippen LogP contribution in [0.25, 0.3) is 5.82 Å². The standard InChI is InChI=1S/C16H18F3N5O/c17-16(18,19)11-23-8-4-12(10-23)9-21-15(25)13-3-1-5-20-14(13)24-7-2-6-22-24/h1-3,5-7,12H,4,8-11H2,(H,21,25). The minimum Gasteiger partial charge on any atom is -0.352 e. The molecule has 0 aromatic carbocycles. The lowest BCUT2D eigenvalue weighted by Gasteiger charge is -2.18. The maximum atomic E-state index is 12.4. The van der Waals surface area contributed by atoms with Crippen LogP contribution in [0.3, 0.4) is 0 Å². The van der Waals surface area contributed by atoms with Crippen molar-refractivity contribution >= 4 is 5.91 Å². The first-order chi connectivity index (χ1) is 11.9. The number of amides is 1. The summed E-state index contributed by atoms with van der Waals surface area (Å²) in [7, 11) is 0. The molecule has 25 heavy (non-hydrogen) atoms. The number of carbonyl (C=O) groups is 1. The van der Waals surface area contributed by atoms with Crippen molar-refractivity contribution in [3.8, 4) is 5.82 Å². The third kappa shape index (κ3) is 4.56. The Morgan fingerprint density at radius 1 is 1.32 bits per heavy atom. The number of hydrogen-bond acceptors (Lipinski definition) is 4. The zero-order chi connectivity index (χ0) is 17.9. The van der Waals surface area contributed by atoms with Crippen LogP contribution in [0.4, 0.5) is 13.2 Å². The molecule has 6 nitrogen and oxygen atoms in total. The lowest BCUT2D eigenvalue weighted by molar-refractivity contribution is -0.143. The molecule has 0 spiro atoms. The van der Waals surface area contributed by atoms with E-state index in [4.69, 9.17) is 0 Å². The SMILES string of the molecule is O=C(NCC1CCN(CC(F)(F)F)C1)c1cccnc1-n1cccn1. The van der Waals surface area contributed by atoms with Crippen LogP contribution in [0.2, 0.25) is 0 Å². The van der Waals surface area contributed by atoms with Crippen molar-refractivity contribution in [2.24, 2.45) is 5.92 Å². The van der Waals surface area contributed by atoms with E-state index in [-0.39, 0.29) is 11.8 Å². The molecule has 1 saturated heterocycles. The zero-order valence-electron chi connectivity index (χ0n) is 13.4. The minimum absolute atomic E-state index is 0.0103. The van der Waals surface area contributed by atoms with Gasteiger partial charge in [-0.2, -0.15) is 18.3 Å². The second-order valence-corrected chi connectivity index (χ2v) is 6.04. The van der Waals surface area contributed by atoms with Crippen LogP contribution in [0.1, 0.15) is 16.8 Å². The largest absolute Gasteiger partial charge is 0.401 e. The van der Waals surface area contributed by atoms with Gasteiger partial charge in [0.1, 0.15) is 0 Å². The molecule has 3 rings (SSSR count). The van der Waals surface area contributed by atoms with Gasteiger partial charge in [-0.3, -0.25) is 9.69 Å². The van der Waals surface area contributed by atoms with Gasteiger partial charge in [0, 0.05) is 31.7 Å². The number of carbonyl (C=O) groups excluding carboxylic acids is 1. The van der Waals surface area contributed by atoms with Crippen LogP contribution in [0, 0.1) is 5.92 Å². The number of likely N-dealkylation sites (tertiary alicyclic amines) is 1. The van der Waals surface area contributed by atoms with E-state index < -0.39 is 12.7 Å². The second-order valence-electron chi connectivity index (χ2n) is 6.04. The van der Waals surface area contributed by atoms with Gasteiger partial charge in [0.25, 0.3) is 5.91 Å². The molecule has 2 aromatic heterocycles. The quantitative estimate of drug-likeness (QED) is 0.892. The molecule has 0 bridgehead atoms. The Bertz CT molecular complexity index is 717. The van der Waals surface area contributed by atoms with E-state index in [0.717, 1.165) is 0 Å². The number of alkyl halides is 3. The van der Waals surface area contributed by atoms with Gasteiger partial charge in [-0.25, -0.2) is 9.67 Å². The molecule has 1 unspecified atom stereocenters. The number of pyridine rings is 1. The summed E-state index contributed by atoms with van der Waals surface area (Å²) in [4.78, 5) is 18.0. The molecule has 1 N–H and O–H groups in total. The number of rotatable bonds is 5. The first-order valence-corrected chi connectivity index (χ1v) is 7.95. The molecule has 0 aliphatic carbocycles. The van der Waals surface area contributed by atoms with Crippen LogP contribution >= 0.6 is 0 Å². The van der Waals surface area contributed by atoms with Crippen LogP contribution in [-0.4, -0.2) is 57.9 Å². The Labute approximate surface area is 142 Å². The molecule has 0 saturated carbocycles. The lowest BCUT2D eigenvalue weighted by atomic mass is 10.1. The van der Waals surface area contributed by atoms with E-state index in [1.807, 2.05) is 0 Å². The molecule has 1 fully saturated rings. The molecule has 0 radical (unpaired) electrons. The van der Waals surface area contributed by atoms with Gasteiger partial charge in [0.05, 0.1) is 12.1 Å². The summed E-state index contributed by atoms with van der Waals surface area (Å²) in [6.45, 7) is 0.161. The fourth-order valence-electron chi connectivity index (χ4n) is 2.96. The highest BCUT2D eigenvalue weighted by atomic mass is 19.4. The summed E-state index contributed by atoms with van der Waals surface area (Å²) in [6, 6.07) is 5.02. The van der Waals surface area contributed by atoms with Crippen molar-refractivity contribution in [1.29, 1.82) is 0 Å². The van der Waals surface area contributed by atoms with E-state index in [1.165, 1.54) is 9.58 Å². The predicted octanol–water partition coefficient (Wildman–Crippen LogP) is 1.88. The Morgan fingerprint density at radius 3 is 2.88 bits per heavy atom. The number of nitrogens with zero attached hydrogens (tertiary/aromatic N) is 4. The van der Waals surface area contributed by atoms with Gasteiger partial charge in [-0.1, -0.05) is 0 Å². The summed E-state index contributed by atoms with van der Waals surface area (Å²) in [6.07, 6.45) is 1.29. The van der Waals surface area contributed by atoms with Crippen molar-refractivity contribution < 1.29 is 18.0 Å². The van der Waals surface area contributed by atoms with Crippen LogP contribution in [0.15, 0.2) is 36.8 Å². The molecule has 1 aliphatic heterocycles. The van der Waals surface area contributed by atoms with Crippen LogP contribution in [0.5, 0.6) is 0 Å². The number of aromatic nitrogens is 3. The Balaban J connectivity index is 1.58. The lowest BCUT2D eigenvalue weighted by Crippen LogP contribution is -2.35. The van der Waals surface area contributed by atoms with Crippen molar-refractivity contribution in [2.75, 3.05) is 26.2 Å². The first kappa shape index (κ1) is 17.4. The summed E-state index contributed by atoms with van der Waals surface area (Å²) in [5.41, 5.74) is 0.372. The van der Waals surface area contributed by atoms with Crippen LogP contribution < -0.4 is 5.32 Å². The molecule has 9 heteroatoms. The maximum Gasteiger partial charge on any atom is 0.401 e. The van der Waals surface area contributed by atoms with Crippen molar-refractivity contribution in [1.82, 2.24) is 25.0 Å². The van der Waals surface area contributed by atoms with Gasteiger partial charge < -0.3 is 5.32 Å². The monoisotopic (exact) mass is 353 g/mol. The van der Waals surface area contributed by atoms with Crippen molar-refractivity contribution in [3.05, 3.63) is 42.4 Å². The second kappa shape index (κ2) is 7.22. The molecule has 1 atom stereocenters. The zero-order valence-corrected chi connectivity index (χ0v) is 13.4. The van der Waals surface area contributed by atoms with Gasteiger partial charge >= 0.3 is 6.18 Å². The molecule has 1 amide bonds. The van der Waals surface area contributed by atoms with E-state index in [2.05, 4.69) is 15.4 Å². The summed E-state index contributed by atoms with van der Waals surface area (Å²) >= 11 is 0. The maximum absolute atomic E-state index is 12.4. The van der Waals surface area contributed by atoms with Crippen LogP contribution in [-0.2, 0) is 0 Å². The molecule has 3 heterocycles. The van der Waals surface area contributed by atoms with Gasteiger partial charge in [-0.05, 0) is 37.1 Å². The smallest absolute Gasteiger partial charge is 0.352 e. The van der Waals surface area contributed by atoms with E-state index >= 15 is 0 Å². The summed E-state index contributed by atoms with van der Waals surface area (Å²) in [5.74, 6) is 0.110. The third-order valence-electron chi connectivity index (χ3n) is 4.08. The van der Waals surface area contributed by atoms with Gasteiger partial charge in [0.2, 0.25) is 0 Å². The van der Waals surface area contributed by atoms with E-state index in [1.54, 1.807) is 36.8 Å². The molecule has 134 valence electrons. The minimum atomic E-state index is -4.19. The third-order valence-corrected chi connectivity index (χ3v) is 4.08. The molecular weight excluding hydrogens is 335 g/mol. The Hall–Kier alpha value is -2.42. The predicted molar refractivity (Wildman–Crippen MR) is 84.3 cm³/mol. The topological polar surface area (TPSA) is 63.1 Å². The van der Waals surface area contributed by atoms with Crippen molar-refractivity contribution in [2.45, 2.75) is 12.6 Å². The molecule has 1 aliphatic rings. The number of nitrogens with one attached hydrogen (secondary N) is 1. The summed E-state index contributed by atoms with van der Waals surface area (Å²) in [5, 5.41) is 6.87. The number of hydrogen-bond donors (Lipinski definition) is 1. The average molecular weight is 353 g/mol. The van der Waals surface area contributed by atoms with Gasteiger partial charge in [0.15, 0.2) is 5.82 Å².